The number of carbonyl (C=O) groups is 1. The van der Waals surface area contributed by atoms with Crippen molar-refractivity contribution in [3.8, 4) is 0 Å². The molecule has 1 unspecified atom stereocenters. The van der Waals surface area contributed by atoms with E-state index in [1.165, 1.54) is 19.3 Å². The van der Waals surface area contributed by atoms with Crippen molar-refractivity contribution in [1.29, 1.82) is 0 Å². The molecule has 1 atom stereocenters. The second kappa shape index (κ2) is 6.31. The van der Waals surface area contributed by atoms with E-state index in [1.807, 2.05) is 24.3 Å². The minimum atomic E-state index is 0.0662. The molecule has 0 aromatic heterocycles. The standard InChI is InChI=1S/C14H18BrNO/c15-12-6-4-5-11(9-12)10-14(17)13-7-2-1-3-8-16-13/h4-6,9,13,16H,1-3,7-8,10H2. The van der Waals surface area contributed by atoms with E-state index in [0.29, 0.717) is 12.2 Å². The Morgan fingerprint density at radius 2 is 2.24 bits per heavy atom. The molecule has 3 heteroatoms. The van der Waals surface area contributed by atoms with Gasteiger partial charge in [0.25, 0.3) is 0 Å². The molecule has 0 aliphatic carbocycles. The first-order valence-electron chi connectivity index (χ1n) is 6.26. The number of hydrogen-bond donors (Lipinski definition) is 1. The molecule has 1 fully saturated rings. The summed E-state index contributed by atoms with van der Waals surface area (Å²) in [5.74, 6) is 0.324. The quantitative estimate of drug-likeness (QED) is 0.928. The summed E-state index contributed by atoms with van der Waals surface area (Å²) in [4.78, 5) is 12.2. The summed E-state index contributed by atoms with van der Waals surface area (Å²) >= 11 is 3.43. The maximum absolute atomic E-state index is 12.2. The van der Waals surface area contributed by atoms with Crippen molar-refractivity contribution in [1.82, 2.24) is 5.32 Å². The Morgan fingerprint density at radius 3 is 3.06 bits per heavy atom. The van der Waals surface area contributed by atoms with Crippen molar-refractivity contribution in [2.75, 3.05) is 6.54 Å². The maximum Gasteiger partial charge on any atom is 0.154 e. The lowest BCUT2D eigenvalue weighted by Gasteiger charge is -2.14. The third-order valence-corrected chi connectivity index (χ3v) is 3.71. The lowest BCUT2D eigenvalue weighted by atomic mass is 10.0. The van der Waals surface area contributed by atoms with Gasteiger partial charge < -0.3 is 5.32 Å². The first-order chi connectivity index (χ1) is 8.25. The highest BCUT2D eigenvalue weighted by Gasteiger charge is 2.19. The van der Waals surface area contributed by atoms with Crippen molar-refractivity contribution >= 4 is 21.7 Å². The third-order valence-electron chi connectivity index (χ3n) is 3.22. The van der Waals surface area contributed by atoms with Crippen LogP contribution in [0.5, 0.6) is 0 Å². The van der Waals surface area contributed by atoms with E-state index in [-0.39, 0.29) is 6.04 Å². The monoisotopic (exact) mass is 295 g/mol. The molecule has 92 valence electrons. The van der Waals surface area contributed by atoms with Crippen LogP contribution in [0.4, 0.5) is 0 Å². The predicted octanol–water partition coefficient (Wildman–Crippen LogP) is 3.09. The molecule has 1 aliphatic heterocycles. The Labute approximate surface area is 111 Å². The van der Waals surface area contributed by atoms with Gasteiger partial charge in [0.15, 0.2) is 5.78 Å². The van der Waals surface area contributed by atoms with E-state index >= 15 is 0 Å². The molecule has 1 N–H and O–H groups in total. The molecule has 1 aromatic rings. The van der Waals surface area contributed by atoms with Crippen molar-refractivity contribution in [2.45, 2.75) is 38.1 Å². The number of hydrogen-bond acceptors (Lipinski definition) is 2. The number of carbonyl (C=O) groups excluding carboxylic acids is 1. The van der Waals surface area contributed by atoms with Crippen LogP contribution in [0.15, 0.2) is 28.7 Å². The van der Waals surface area contributed by atoms with Crippen molar-refractivity contribution < 1.29 is 4.79 Å². The smallest absolute Gasteiger partial charge is 0.154 e. The molecular weight excluding hydrogens is 278 g/mol. The van der Waals surface area contributed by atoms with Crippen LogP contribution in [-0.4, -0.2) is 18.4 Å². The molecule has 0 saturated carbocycles. The second-order valence-electron chi connectivity index (χ2n) is 4.63. The molecule has 0 bridgehead atoms. The predicted molar refractivity (Wildman–Crippen MR) is 73.1 cm³/mol. The third kappa shape index (κ3) is 3.93. The number of ketones is 1. The van der Waals surface area contributed by atoms with Gasteiger partial charge in [0.1, 0.15) is 0 Å². The van der Waals surface area contributed by atoms with Gasteiger partial charge in [0, 0.05) is 10.9 Å². The van der Waals surface area contributed by atoms with E-state index in [2.05, 4.69) is 21.2 Å². The molecule has 1 saturated heterocycles. The summed E-state index contributed by atoms with van der Waals surface area (Å²) in [6.45, 7) is 0.981. The minimum absolute atomic E-state index is 0.0662. The Kier molecular flexibility index (Phi) is 4.75. The van der Waals surface area contributed by atoms with Crippen LogP contribution in [0, 0.1) is 0 Å². The molecule has 0 radical (unpaired) electrons. The highest BCUT2D eigenvalue weighted by Crippen LogP contribution is 2.15. The lowest BCUT2D eigenvalue weighted by Crippen LogP contribution is -2.36. The van der Waals surface area contributed by atoms with Gasteiger partial charge >= 0.3 is 0 Å². The van der Waals surface area contributed by atoms with Gasteiger partial charge in [-0.3, -0.25) is 4.79 Å². The first-order valence-corrected chi connectivity index (χ1v) is 7.05. The molecule has 2 nitrogen and oxygen atoms in total. The zero-order valence-corrected chi connectivity index (χ0v) is 11.5. The van der Waals surface area contributed by atoms with E-state index in [4.69, 9.17) is 0 Å². The Hall–Kier alpha value is -0.670. The zero-order chi connectivity index (χ0) is 12.1. The van der Waals surface area contributed by atoms with Crippen LogP contribution in [0.2, 0.25) is 0 Å². The van der Waals surface area contributed by atoms with Gasteiger partial charge in [-0.15, -0.1) is 0 Å². The van der Waals surface area contributed by atoms with Crippen LogP contribution in [0.1, 0.15) is 31.2 Å². The van der Waals surface area contributed by atoms with Crippen LogP contribution >= 0.6 is 15.9 Å². The molecule has 1 heterocycles. The van der Waals surface area contributed by atoms with Gasteiger partial charge in [-0.25, -0.2) is 0 Å². The Bertz CT molecular complexity index is 384. The fourth-order valence-electron chi connectivity index (χ4n) is 2.27. The van der Waals surface area contributed by atoms with E-state index in [9.17, 15) is 4.79 Å². The molecular formula is C14H18BrNO. The number of nitrogens with one attached hydrogen (secondary N) is 1. The van der Waals surface area contributed by atoms with E-state index < -0.39 is 0 Å². The zero-order valence-electron chi connectivity index (χ0n) is 9.92. The molecule has 2 rings (SSSR count). The molecule has 1 aromatic carbocycles. The highest BCUT2D eigenvalue weighted by atomic mass is 79.9. The van der Waals surface area contributed by atoms with Crippen molar-refractivity contribution in [3.05, 3.63) is 34.3 Å². The SMILES string of the molecule is O=C(Cc1cccc(Br)c1)C1CCCCCN1. The topological polar surface area (TPSA) is 29.1 Å². The summed E-state index contributed by atoms with van der Waals surface area (Å²) in [6.07, 6.45) is 5.14. The summed E-state index contributed by atoms with van der Waals surface area (Å²) < 4.78 is 1.04. The second-order valence-corrected chi connectivity index (χ2v) is 5.54. The van der Waals surface area contributed by atoms with Crippen LogP contribution in [0.25, 0.3) is 0 Å². The Balaban J connectivity index is 1.95. The number of Topliss-reactive ketones (excluding diaryl/α,β-unsaturated/α-hetero) is 1. The maximum atomic E-state index is 12.2. The fourth-order valence-corrected chi connectivity index (χ4v) is 2.72. The summed E-state index contributed by atoms with van der Waals surface area (Å²) in [6, 6.07) is 8.07. The number of benzene rings is 1. The van der Waals surface area contributed by atoms with E-state index in [1.54, 1.807) is 0 Å². The lowest BCUT2D eigenvalue weighted by molar-refractivity contribution is -0.120. The largest absolute Gasteiger partial charge is 0.307 e. The van der Waals surface area contributed by atoms with Gasteiger partial charge in [0.2, 0.25) is 0 Å². The van der Waals surface area contributed by atoms with Crippen LogP contribution in [-0.2, 0) is 11.2 Å². The highest BCUT2D eigenvalue weighted by molar-refractivity contribution is 9.10. The van der Waals surface area contributed by atoms with Gasteiger partial charge in [-0.05, 0) is 37.1 Å². The summed E-state index contributed by atoms with van der Waals surface area (Å²) in [7, 11) is 0. The van der Waals surface area contributed by atoms with Gasteiger partial charge in [0.05, 0.1) is 6.04 Å². The van der Waals surface area contributed by atoms with Gasteiger partial charge in [-0.1, -0.05) is 40.9 Å². The average Bonchev–Trinajstić information content (AvgIpc) is 2.57. The summed E-state index contributed by atoms with van der Waals surface area (Å²) in [5.41, 5.74) is 1.09. The molecule has 1 aliphatic rings. The average molecular weight is 296 g/mol. The molecule has 0 spiro atoms. The van der Waals surface area contributed by atoms with Crippen LogP contribution < -0.4 is 5.32 Å². The van der Waals surface area contributed by atoms with E-state index in [0.717, 1.165) is 23.0 Å². The van der Waals surface area contributed by atoms with Crippen molar-refractivity contribution in [2.24, 2.45) is 0 Å². The number of halogens is 1. The van der Waals surface area contributed by atoms with Crippen LogP contribution in [0.3, 0.4) is 0 Å². The Morgan fingerprint density at radius 1 is 1.35 bits per heavy atom. The molecule has 17 heavy (non-hydrogen) atoms. The first kappa shape index (κ1) is 12.8. The molecule has 0 amide bonds. The van der Waals surface area contributed by atoms with Gasteiger partial charge in [-0.2, -0.15) is 0 Å². The number of rotatable bonds is 3. The fraction of sp³-hybridized carbons (Fsp3) is 0.500. The summed E-state index contributed by atoms with van der Waals surface area (Å²) in [5, 5.41) is 3.35. The van der Waals surface area contributed by atoms with Crippen molar-refractivity contribution in [3.63, 3.8) is 0 Å². The normalized spacial score (nSPS) is 20.9. The minimum Gasteiger partial charge on any atom is -0.307 e.